The molecule has 0 amide bonds. The molecule has 1 rings (SSSR count). The number of nitrogens with one attached hydrogen (secondary N) is 1. The van der Waals surface area contributed by atoms with Gasteiger partial charge in [0.1, 0.15) is 0 Å². The molecule has 0 saturated heterocycles. The summed E-state index contributed by atoms with van der Waals surface area (Å²) < 4.78 is 11.8. The van der Waals surface area contributed by atoms with Gasteiger partial charge < -0.3 is 14.8 Å². The number of hydrogen-bond acceptors (Lipinski definition) is 3. The average Bonchev–Trinajstić information content (AvgIpc) is 2.46. The van der Waals surface area contributed by atoms with Gasteiger partial charge in [0, 0.05) is 12.1 Å². The van der Waals surface area contributed by atoms with Gasteiger partial charge in [-0.05, 0) is 31.4 Å². The molecule has 0 spiro atoms. The summed E-state index contributed by atoms with van der Waals surface area (Å²) in [5.41, 5.74) is 1.17. The third kappa shape index (κ3) is 6.38. The molecule has 1 aromatic carbocycles. The number of para-hydroxylation sites is 1. The summed E-state index contributed by atoms with van der Waals surface area (Å²) in [6.07, 6.45) is 1.12. The number of benzene rings is 1. The molecule has 3 nitrogen and oxygen atoms in total. The monoisotopic (exact) mass is 293 g/mol. The van der Waals surface area contributed by atoms with Gasteiger partial charge in [0.2, 0.25) is 0 Å². The fourth-order valence-electron chi connectivity index (χ4n) is 1.97. The lowest BCUT2D eigenvalue weighted by molar-refractivity contribution is 0.235. The van der Waals surface area contributed by atoms with Crippen molar-refractivity contribution in [3.05, 3.63) is 23.8 Å². The Bertz CT molecular complexity index is 404. The van der Waals surface area contributed by atoms with E-state index in [1.54, 1.807) is 0 Å². The Morgan fingerprint density at radius 1 is 1.10 bits per heavy atom. The minimum Gasteiger partial charge on any atom is -0.490 e. The van der Waals surface area contributed by atoms with Crippen molar-refractivity contribution < 1.29 is 9.47 Å². The van der Waals surface area contributed by atoms with Crippen LogP contribution in [0.15, 0.2) is 18.2 Å². The van der Waals surface area contributed by atoms with Gasteiger partial charge in [0.25, 0.3) is 0 Å². The van der Waals surface area contributed by atoms with Crippen molar-refractivity contribution in [2.75, 3.05) is 19.8 Å². The van der Waals surface area contributed by atoms with Crippen LogP contribution in [0.4, 0.5) is 0 Å². The molecule has 1 N–H and O–H groups in total. The summed E-state index contributed by atoms with van der Waals surface area (Å²) in [5, 5.41) is 3.48. The first kappa shape index (κ1) is 17.8. The molecule has 21 heavy (non-hydrogen) atoms. The zero-order chi connectivity index (χ0) is 15.7. The van der Waals surface area contributed by atoms with Crippen LogP contribution in [0.5, 0.6) is 11.5 Å². The Balaban J connectivity index is 2.80. The predicted molar refractivity (Wildman–Crippen MR) is 89.1 cm³/mol. The van der Waals surface area contributed by atoms with Gasteiger partial charge >= 0.3 is 0 Å². The van der Waals surface area contributed by atoms with Crippen molar-refractivity contribution in [3.63, 3.8) is 0 Å². The van der Waals surface area contributed by atoms with Crippen LogP contribution >= 0.6 is 0 Å². The molecule has 1 unspecified atom stereocenters. The Hall–Kier alpha value is -1.22. The van der Waals surface area contributed by atoms with E-state index in [2.05, 4.69) is 39.1 Å². The molecule has 1 atom stereocenters. The second-order valence-electron chi connectivity index (χ2n) is 6.03. The molecule has 0 radical (unpaired) electrons. The summed E-state index contributed by atoms with van der Waals surface area (Å²) in [7, 11) is 0. The van der Waals surface area contributed by atoms with E-state index < -0.39 is 0 Å². The maximum atomic E-state index is 6.07. The van der Waals surface area contributed by atoms with Crippen molar-refractivity contribution in [2.24, 2.45) is 11.8 Å². The van der Waals surface area contributed by atoms with Gasteiger partial charge in [-0.2, -0.15) is 0 Å². The van der Waals surface area contributed by atoms with Crippen molar-refractivity contribution in [1.29, 1.82) is 0 Å². The number of hydrogen-bond donors (Lipinski definition) is 1. The Labute approximate surface area is 130 Å². The van der Waals surface area contributed by atoms with E-state index in [9.17, 15) is 0 Å². The lowest BCUT2D eigenvalue weighted by Gasteiger charge is -2.18. The van der Waals surface area contributed by atoms with Crippen molar-refractivity contribution in [1.82, 2.24) is 5.32 Å². The first-order valence-electron chi connectivity index (χ1n) is 8.16. The summed E-state index contributed by atoms with van der Waals surface area (Å²) in [6.45, 7) is 14.0. The quantitative estimate of drug-likeness (QED) is 0.699. The summed E-state index contributed by atoms with van der Waals surface area (Å²) in [6, 6.07) is 6.14. The molecule has 0 aliphatic rings. The van der Waals surface area contributed by atoms with Crippen LogP contribution in [0.2, 0.25) is 0 Å². The SMILES string of the molecule is CCOc1cccc(CNCC(C)C)c1OCC(C)CC. The van der Waals surface area contributed by atoms with Crippen molar-refractivity contribution >= 4 is 0 Å². The lowest BCUT2D eigenvalue weighted by Crippen LogP contribution is -2.20. The third-order valence-corrected chi connectivity index (χ3v) is 3.44. The zero-order valence-electron chi connectivity index (χ0n) is 14.2. The largest absolute Gasteiger partial charge is 0.490 e. The van der Waals surface area contributed by atoms with E-state index in [4.69, 9.17) is 9.47 Å². The van der Waals surface area contributed by atoms with Crippen LogP contribution in [0.3, 0.4) is 0 Å². The van der Waals surface area contributed by atoms with Crippen LogP contribution < -0.4 is 14.8 Å². The van der Waals surface area contributed by atoms with E-state index in [0.717, 1.165) is 37.6 Å². The van der Waals surface area contributed by atoms with Crippen LogP contribution in [-0.2, 0) is 6.54 Å². The van der Waals surface area contributed by atoms with Gasteiger partial charge in [0.15, 0.2) is 11.5 Å². The van der Waals surface area contributed by atoms with Gasteiger partial charge in [-0.25, -0.2) is 0 Å². The Morgan fingerprint density at radius 3 is 2.48 bits per heavy atom. The Morgan fingerprint density at radius 2 is 1.86 bits per heavy atom. The van der Waals surface area contributed by atoms with Crippen molar-refractivity contribution in [3.8, 4) is 11.5 Å². The molecule has 0 aliphatic heterocycles. The normalized spacial score (nSPS) is 12.5. The van der Waals surface area contributed by atoms with E-state index in [1.165, 1.54) is 5.56 Å². The van der Waals surface area contributed by atoms with Gasteiger partial charge in [0.05, 0.1) is 13.2 Å². The Kier molecular flexibility index (Phi) is 8.21. The molecule has 0 heterocycles. The summed E-state index contributed by atoms with van der Waals surface area (Å²) in [5.74, 6) is 2.95. The maximum Gasteiger partial charge on any atom is 0.165 e. The molecule has 120 valence electrons. The molecule has 0 aliphatic carbocycles. The van der Waals surface area contributed by atoms with Crippen LogP contribution in [-0.4, -0.2) is 19.8 Å². The molecule has 0 saturated carbocycles. The van der Waals surface area contributed by atoms with Gasteiger partial charge in [-0.1, -0.05) is 46.2 Å². The zero-order valence-corrected chi connectivity index (χ0v) is 14.2. The van der Waals surface area contributed by atoms with E-state index >= 15 is 0 Å². The number of ether oxygens (including phenoxy) is 2. The average molecular weight is 293 g/mol. The van der Waals surface area contributed by atoms with E-state index in [0.29, 0.717) is 18.4 Å². The summed E-state index contributed by atoms with van der Waals surface area (Å²) in [4.78, 5) is 0. The highest BCUT2D eigenvalue weighted by atomic mass is 16.5. The molecule has 0 fully saturated rings. The molecular formula is C18H31NO2. The van der Waals surface area contributed by atoms with Crippen molar-refractivity contribution in [2.45, 2.75) is 47.6 Å². The molecular weight excluding hydrogens is 262 g/mol. The maximum absolute atomic E-state index is 6.07. The standard InChI is InChI=1S/C18H31NO2/c1-6-15(5)13-21-18-16(12-19-11-14(3)4)9-8-10-17(18)20-7-2/h8-10,14-15,19H,6-7,11-13H2,1-5H3. The minimum atomic E-state index is 0.552. The predicted octanol–water partition coefficient (Wildman–Crippen LogP) is 4.26. The smallest absolute Gasteiger partial charge is 0.165 e. The third-order valence-electron chi connectivity index (χ3n) is 3.44. The fourth-order valence-corrected chi connectivity index (χ4v) is 1.97. The van der Waals surface area contributed by atoms with Gasteiger partial charge in [-0.15, -0.1) is 0 Å². The van der Waals surface area contributed by atoms with Gasteiger partial charge in [-0.3, -0.25) is 0 Å². The highest BCUT2D eigenvalue weighted by molar-refractivity contribution is 5.46. The van der Waals surface area contributed by atoms with Crippen LogP contribution in [0, 0.1) is 11.8 Å². The van der Waals surface area contributed by atoms with E-state index in [-0.39, 0.29) is 0 Å². The fraction of sp³-hybridized carbons (Fsp3) is 0.667. The molecule has 0 bridgehead atoms. The second kappa shape index (κ2) is 9.67. The van der Waals surface area contributed by atoms with Crippen LogP contribution in [0.25, 0.3) is 0 Å². The molecule has 1 aromatic rings. The van der Waals surface area contributed by atoms with Crippen LogP contribution in [0.1, 0.15) is 46.6 Å². The lowest BCUT2D eigenvalue weighted by atomic mass is 10.1. The van der Waals surface area contributed by atoms with E-state index in [1.807, 2.05) is 19.1 Å². The topological polar surface area (TPSA) is 30.5 Å². The minimum absolute atomic E-state index is 0.552. The highest BCUT2D eigenvalue weighted by Gasteiger charge is 2.12. The number of rotatable bonds is 10. The molecule has 0 aromatic heterocycles. The first-order valence-corrected chi connectivity index (χ1v) is 8.16. The molecule has 3 heteroatoms. The summed E-state index contributed by atoms with van der Waals surface area (Å²) >= 11 is 0. The second-order valence-corrected chi connectivity index (χ2v) is 6.03. The highest BCUT2D eigenvalue weighted by Crippen LogP contribution is 2.32. The first-order chi connectivity index (χ1) is 10.1.